The Balaban J connectivity index is 0.000000157. The van der Waals surface area contributed by atoms with Crippen molar-refractivity contribution in [2.75, 3.05) is 13.9 Å². The summed E-state index contributed by atoms with van der Waals surface area (Å²) in [5.74, 6) is 0. The Morgan fingerprint density at radius 1 is 1.58 bits per heavy atom. The highest BCUT2D eigenvalue weighted by Gasteiger charge is 2.17. The van der Waals surface area contributed by atoms with Crippen molar-refractivity contribution in [3.05, 3.63) is 32.9 Å². The fraction of sp³-hybridized carbons (Fsp3) is 0.333. The molecular weight excluding hydrogens is 267 g/mol. The van der Waals surface area contributed by atoms with E-state index in [1.807, 2.05) is 0 Å². The van der Waals surface area contributed by atoms with Crippen LogP contribution in [-0.2, 0) is 11.2 Å². The standard InChI is InChI=1S/C7H5I.C2H6O2/c8-7-3-1-2-5-4-6(5)7;1-4-2-3/h1-3H,4H2;3H,2H2,1H3. The van der Waals surface area contributed by atoms with E-state index in [9.17, 15) is 0 Å². The van der Waals surface area contributed by atoms with Crippen LogP contribution < -0.4 is 0 Å². The van der Waals surface area contributed by atoms with Gasteiger partial charge >= 0.3 is 0 Å². The first-order chi connectivity index (χ1) is 5.79. The topological polar surface area (TPSA) is 29.5 Å². The summed E-state index contributed by atoms with van der Waals surface area (Å²) in [6, 6.07) is 6.47. The number of rotatable bonds is 1. The molecule has 1 aromatic rings. The predicted octanol–water partition coefficient (Wildman–Crippen LogP) is 1.78. The summed E-state index contributed by atoms with van der Waals surface area (Å²) in [6.45, 7) is -0.181. The van der Waals surface area contributed by atoms with Gasteiger partial charge in [0.1, 0.15) is 6.79 Å². The molecule has 1 aromatic carbocycles. The van der Waals surface area contributed by atoms with Crippen molar-refractivity contribution in [1.29, 1.82) is 0 Å². The Hall–Kier alpha value is -0.130. The summed E-state index contributed by atoms with van der Waals surface area (Å²) >= 11 is 2.38. The van der Waals surface area contributed by atoms with E-state index in [1.54, 1.807) is 5.56 Å². The molecular formula is C9H11IO2. The van der Waals surface area contributed by atoms with Gasteiger partial charge in [0, 0.05) is 10.7 Å². The Bertz CT molecular complexity index is 259. The predicted molar refractivity (Wildman–Crippen MR) is 56.1 cm³/mol. The number of benzene rings is 1. The number of fused-ring (bicyclic) bond motifs is 1. The van der Waals surface area contributed by atoms with Crippen molar-refractivity contribution in [2.24, 2.45) is 0 Å². The highest BCUT2D eigenvalue weighted by molar-refractivity contribution is 14.1. The second-order valence-corrected chi connectivity index (χ2v) is 3.63. The van der Waals surface area contributed by atoms with Crippen molar-refractivity contribution in [1.82, 2.24) is 0 Å². The van der Waals surface area contributed by atoms with E-state index in [-0.39, 0.29) is 6.79 Å². The first kappa shape index (κ1) is 9.95. The molecule has 66 valence electrons. The SMILES string of the molecule is COCO.Ic1cccc2c1C2. The minimum absolute atomic E-state index is 0.181. The Labute approximate surface area is 85.7 Å². The smallest absolute Gasteiger partial charge is 0.143 e. The normalized spacial score (nSPS) is 11.2. The van der Waals surface area contributed by atoms with Gasteiger partial charge in [-0.05, 0) is 46.2 Å². The second kappa shape index (κ2) is 4.79. The van der Waals surface area contributed by atoms with Crippen LogP contribution in [0.5, 0.6) is 0 Å². The second-order valence-electron chi connectivity index (χ2n) is 2.47. The van der Waals surface area contributed by atoms with E-state index >= 15 is 0 Å². The molecule has 12 heavy (non-hydrogen) atoms. The first-order valence-corrected chi connectivity index (χ1v) is 4.73. The molecule has 0 radical (unpaired) electrons. The average Bonchev–Trinajstić information content (AvgIpc) is 2.85. The van der Waals surface area contributed by atoms with Crippen LogP contribution in [-0.4, -0.2) is 19.0 Å². The summed E-state index contributed by atoms with van der Waals surface area (Å²) in [6.07, 6.45) is 1.24. The average molecular weight is 278 g/mol. The van der Waals surface area contributed by atoms with Crippen LogP contribution in [0, 0.1) is 3.57 Å². The van der Waals surface area contributed by atoms with Crippen molar-refractivity contribution >= 4 is 22.6 Å². The minimum atomic E-state index is -0.181. The van der Waals surface area contributed by atoms with Gasteiger partial charge in [0.15, 0.2) is 0 Å². The van der Waals surface area contributed by atoms with Crippen LogP contribution >= 0.6 is 22.6 Å². The van der Waals surface area contributed by atoms with Crippen LogP contribution in [0.25, 0.3) is 0 Å². The molecule has 0 aliphatic heterocycles. The maximum atomic E-state index is 7.65. The van der Waals surface area contributed by atoms with Crippen LogP contribution in [0.3, 0.4) is 0 Å². The van der Waals surface area contributed by atoms with E-state index < -0.39 is 0 Å². The summed E-state index contributed by atoms with van der Waals surface area (Å²) in [5.41, 5.74) is 3.10. The Morgan fingerprint density at radius 3 is 2.67 bits per heavy atom. The lowest BCUT2D eigenvalue weighted by molar-refractivity contribution is 0.0325. The molecule has 0 unspecified atom stereocenters. The third kappa shape index (κ3) is 2.73. The summed E-state index contributed by atoms with van der Waals surface area (Å²) in [4.78, 5) is 0. The van der Waals surface area contributed by atoms with E-state index in [4.69, 9.17) is 5.11 Å². The van der Waals surface area contributed by atoms with Gasteiger partial charge in [0.25, 0.3) is 0 Å². The van der Waals surface area contributed by atoms with Crippen molar-refractivity contribution < 1.29 is 9.84 Å². The highest BCUT2D eigenvalue weighted by atomic mass is 127. The van der Waals surface area contributed by atoms with Crippen molar-refractivity contribution in [3.63, 3.8) is 0 Å². The molecule has 2 nitrogen and oxygen atoms in total. The fourth-order valence-corrected chi connectivity index (χ4v) is 1.64. The molecule has 1 aliphatic carbocycles. The van der Waals surface area contributed by atoms with E-state index in [0.717, 1.165) is 0 Å². The lowest BCUT2D eigenvalue weighted by Crippen LogP contribution is -1.79. The molecule has 0 atom stereocenters. The summed E-state index contributed by atoms with van der Waals surface area (Å²) in [5, 5.41) is 7.65. The van der Waals surface area contributed by atoms with Crippen LogP contribution in [0.4, 0.5) is 0 Å². The number of halogens is 1. The minimum Gasteiger partial charge on any atom is -0.371 e. The maximum absolute atomic E-state index is 7.65. The van der Waals surface area contributed by atoms with Gasteiger partial charge in [-0.25, -0.2) is 0 Å². The largest absolute Gasteiger partial charge is 0.371 e. The zero-order valence-corrected chi connectivity index (χ0v) is 9.04. The quantitative estimate of drug-likeness (QED) is 0.636. The zero-order chi connectivity index (χ0) is 8.97. The molecule has 3 heteroatoms. The number of aliphatic hydroxyl groups excluding tert-OH is 1. The first-order valence-electron chi connectivity index (χ1n) is 3.65. The van der Waals surface area contributed by atoms with Gasteiger partial charge in [-0.15, -0.1) is 0 Å². The van der Waals surface area contributed by atoms with Gasteiger partial charge in [-0.2, -0.15) is 0 Å². The number of ether oxygens (including phenoxy) is 1. The van der Waals surface area contributed by atoms with Gasteiger partial charge in [-0.1, -0.05) is 12.1 Å². The lowest BCUT2D eigenvalue weighted by atomic mass is 10.4. The number of hydrogen-bond donors (Lipinski definition) is 1. The van der Waals surface area contributed by atoms with E-state index in [0.29, 0.717) is 0 Å². The number of hydrogen-bond acceptors (Lipinski definition) is 2. The zero-order valence-electron chi connectivity index (χ0n) is 6.88. The van der Waals surface area contributed by atoms with Crippen LogP contribution in [0.1, 0.15) is 11.1 Å². The molecule has 0 amide bonds. The Kier molecular flexibility index (Phi) is 3.97. The molecule has 0 heterocycles. The van der Waals surface area contributed by atoms with Crippen LogP contribution in [0.2, 0.25) is 0 Å². The molecule has 0 spiro atoms. The van der Waals surface area contributed by atoms with Gasteiger partial charge < -0.3 is 9.84 Å². The number of aliphatic hydroxyl groups is 1. The lowest BCUT2D eigenvalue weighted by Gasteiger charge is -1.80. The van der Waals surface area contributed by atoms with E-state index in [2.05, 4.69) is 45.5 Å². The summed E-state index contributed by atoms with van der Waals surface area (Å²) in [7, 11) is 1.43. The molecule has 0 saturated carbocycles. The molecule has 0 fully saturated rings. The monoisotopic (exact) mass is 278 g/mol. The van der Waals surface area contributed by atoms with Gasteiger partial charge in [0.2, 0.25) is 0 Å². The van der Waals surface area contributed by atoms with Crippen molar-refractivity contribution in [2.45, 2.75) is 6.42 Å². The highest BCUT2D eigenvalue weighted by Crippen LogP contribution is 2.31. The third-order valence-corrected chi connectivity index (χ3v) is 2.60. The Morgan fingerprint density at radius 2 is 2.25 bits per heavy atom. The molecule has 0 saturated heterocycles. The van der Waals surface area contributed by atoms with Crippen LogP contribution in [0.15, 0.2) is 18.2 Å². The fourth-order valence-electron chi connectivity index (χ4n) is 0.893. The van der Waals surface area contributed by atoms with Gasteiger partial charge in [-0.3, -0.25) is 0 Å². The molecule has 1 N–H and O–H groups in total. The molecule has 1 aliphatic rings. The van der Waals surface area contributed by atoms with Gasteiger partial charge in [0.05, 0.1) is 0 Å². The molecule has 2 rings (SSSR count). The number of methoxy groups -OCH3 is 1. The molecule has 0 aromatic heterocycles. The van der Waals surface area contributed by atoms with Crippen molar-refractivity contribution in [3.8, 4) is 0 Å². The van der Waals surface area contributed by atoms with E-state index in [1.165, 1.54) is 22.7 Å². The molecule has 0 bridgehead atoms. The maximum Gasteiger partial charge on any atom is 0.143 e. The third-order valence-electron chi connectivity index (χ3n) is 1.59. The summed E-state index contributed by atoms with van der Waals surface area (Å²) < 4.78 is 5.53.